The highest BCUT2D eigenvalue weighted by atomic mass is 35.5. The van der Waals surface area contributed by atoms with E-state index in [1.807, 2.05) is 31.2 Å². The molecule has 0 aliphatic rings. The minimum absolute atomic E-state index is 0.108. The first-order valence-corrected chi connectivity index (χ1v) is 9.70. The number of nitrogens with one attached hydrogen (secondary N) is 1. The number of hydrogen-bond donors (Lipinski definition) is 2. The molecule has 0 atom stereocenters. The zero-order valence-electron chi connectivity index (χ0n) is 16.3. The Balaban J connectivity index is 1.68. The van der Waals surface area contributed by atoms with Crippen LogP contribution in [0.4, 0.5) is 0 Å². The summed E-state index contributed by atoms with van der Waals surface area (Å²) in [5.41, 5.74) is 4.12. The molecule has 0 saturated heterocycles. The molecule has 6 nitrogen and oxygen atoms in total. The van der Waals surface area contributed by atoms with Crippen LogP contribution in [0.1, 0.15) is 28.4 Å². The molecule has 2 N–H and O–H groups in total. The summed E-state index contributed by atoms with van der Waals surface area (Å²) >= 11 is 6.17. The first-order valence-electron chi connectivity index (χ1n) is 9.33. The number of nitrogens with zero attached hydrogens (tertiary/aromatic N) is 1. The minimum Gasteiger partial charge on any atom is -0.507 e. The maximum absolute atomic E-state index is 12.1. The van der Waals surface area contributed by atoms with Gasteiger partial charge in [0, 0.05) is 10.6 Å². The van der Waals surface area contributed by atoms with E-state index in [-0.39, 0.29) is 11.3 Å². The Morgan fingerprint density at radius 1 is 1.07 bits per heavy atom. The number of rotatable bonds is 8. The number of halogens is 1. The van der Waals surface area contributed by atoms with Crippen molar-refractivity contribution in [3.63, 3.8) is 0 Å². The SMILES string of the molecule is CCOc1cc(/C=N\NC(=O)c2ccccc2O)ccc1OCc1ccccc1Cl. The second-order valence-electron chi connectivity index (χ2n) is 6.24. The fourth-order valence-electron chi connectivity index (χ4n) is 2.65. The standard InChI is InChI=1S/C23H21ClN2O4/c1-2-29-22-13-16(14-25-26-23(28)18-8-4-6-10-20(18)27)11-12-21(22)30-15-17-7-3-5-9-19(17)24/h3-14,27H,2,15H2,1H3,(H,26,28)/b25-14-. The number of ether oxygens (including phenoxy) is 2. The van der Waals surface area contributed by atoms with Crippen molar-refractivity contribution in [2.24, 2.45) is 5.10 Å². The number of hydrazone groups is 1. The van der Waals surface area contributed by atoms with Crippen molar-refractivity contribution in [3.8, 4) is 17.2 Å². The molecule has 7 heteroatoms. The number of carbonyl (C=O) groups is 1. The fourth-order valence-corrected chi connectivity index (χ4v) is 2.85. The highest BCUT2D eigenvalue weighted by Gasteiger charge is 2.10. The third kappa shape index (κ3) is 5.52. The number of amides is 1. The van der Waals surface area contributed by atoms with Crippen LogP contribution in [-0.2, 0) is 6.61 Å². The van der Waals surface area contributed by atoms with Gasteiger partial charge in [-0.25, -0.2) is 5.43 Å². The van der Waals surface area contributed by atoms with E-state index in [0.717, 1.165) is 5.56 Å². The van der Waals surface area contributed by atoms with Crippen molar-refractivity contribution in [2.75, 3.05) is 6.61 Å². The number of carbonyl (C=O) groups excluding carboxylic acids is 1. The van der Waals surface area contributed by atoms with Gasteiger partial charge in [-0.05, 0) is 48.9 Å². The Morgan fingerprint density at radius 3 is 2.60 bits per heavy atom. The number of phenols is 1. The van der Waals surface area contributed by atoms with E-state index in [2.05, 4.69) is 10.5 Å². The van der Waals surface area contributed by atoms with Crippen molar-refractivity contribution in [2.45, 2.75) is 13.5 Å². The Labute approximate surface area is 179 Å². The highest BCUT2D eigenvalue weighted by molar-refractivity contribution is 6.31. The van der Waals surface area contributed by atoms with E-state index in [0.29, 0.717) is 35.3 Å². The molecule has 1 amide bonds. The van der Waals surface area contributed by atoms with Gasteiger partial charge in [-0.1, -0.05) is 41.9 Å². The van der Waals surface area contributed by atoms with Crippen LogP contribution >= 0.6 is 11.6 Å². The van der Waals surface area contributed by atoms with Gasteiger partial charge in [-0.3, -0.25) is 4.79 Å². The van der Waals surface area contributed by atoms with E-state index in [4.69, 9.17) is 21.1 Å². The summed E-state index contributed by atoms with van der Waals surface area (Å²) < 4.78 is 11.5. The lowest BCUT2D eigenvalue weighted by Crippen LogP contribution is -2.17. The molecule has 0 heterocycles. The van der Waals surface area contributed by atoms with Gasteiger partial charge in [-0.2, -0.15) is 5.10 Å². The molecule has 0 aromatic heterocycles. The molecular weight excluding hydrogens is 404 g/mol. The number of aromatic hydroxyl groups is 1. The van der Waals surface area contributed by atoms with Gasteiger partial charge in [0.2, 0.25) is 0 Å². The molecular formula is C23H21ClN2O4. The summed E-state index contributed by atoms with van der Waals surface area (Å²) in [7, 11) is 0. The molecule has 0 unspecified atom stereocenters. The van der Waals surface area contributed by atoms with Gasteiger partial charge in [0.1, 0.15) is 12.4 Å². The van der Waals surface area contributed by atoms with Gasteiger partial charge in [0.15, 0.2) is 11.5 Å². The average Bonchev–Trinajstić information content (AvgIpc) is 2.74. The molecule has 0 fully saturated rings. The first kappa shape index (κ1) is 21.2. The molecule has 154 valence electrons. The molecule has 0 spiro atoms. The molecule has 3 aromatic rings. The second kappa shape index (κ2) is 10.3. The number of benzene rings is 3. The van der Waals surface area contributed by atoms with Crippen molar-refractivity contribution in [1.82, 2.24) is 5.43 Å². The summed E-state index contributed by atoms with van der Waals surface area (Å²) in [6.45, 7) is 2.65. The minimum atomic E-state index is -0.505. The molecule has 30 heavy (non-hydrogen) atoms. The van der Waals surface area contributed by atoms with Crippen LogP contribution in [-0.4, -0.2) is 23.8 Å². The van der Waals surface area contributed by atoms with Crippen molar-refractivity contribution in [1.29, 1.82) is 0 Å². The van der Waals surface area contributed by atoms with Crippen LogP contribution in [0.5, 0.6) is 17.2 Å². The summed E-state index contributed by atoms with van der Waals surface area (Å²) in [5, 5.41) is 14.3. The lowest BCUT2D eigenvalue weighted by molar-refractivity contribution is 0.0952. The number of para-hydroxylation sites is 1. The topological polar surface area (TPSA) is 80.2 Å². The maximum Gasteiger partial charge on any atom is 0.275 e. The fraction of sp³-hybridized carbons (Fsp3) is 0.130. The van der Waals surface area contributed by atoms with Crippen LogP contribution in [0, 0.1) is 0 Å². The summed E-state index contributed by atoms with van der Waals surface area (Å²) in [6, 6.07) is 19.1. The first-order chi connectivity index (χ1) is 14.6. The van der Waals surface area contributed by atoms with Crippen molar-refractivity contribution >= 4 is 23.7 Å². The van der Waals surface area contributed by atoms with Crippen LogP contribution in [0.2, 0.25) is 5.02 Å². The van der Waals surface area contributed by atoms with Gasteiger partial charge < -0.3 is 14.6 Å². The van der Waals surface area contributed by atoms with Crippen LogP contribution in [0.15, 0.2) is 71.8 Å². The number of hydrogen-bond acceptors (Lipinski definition) is 5. The van der Waals surface area contributed by atoms with Gasteiger partial charge >= 0.3 is 0 Å². The van der Waals surface area contributed by atoms with E-state index < -0.39 is 5.91 Å². The van der Waals surface area contributed by atoms with Gasteiger partial charge in [-0.15, -0.1) is 0 Å². The van der Waals surface area contributed by atoms with Crippen molar-refractivity contribution < 1.29 is 19.4 Å². The Bertz CT molecular complexity index is 1050. The molecule has 0 saturated carbocycles. The van der Waals surface area contributed by atoms with E-state index >= 15 is 0 Å². The van der Waals surface area contributed by atoms with Crippen LogP contribution in [0.3, 0.4) is 0 Å². The monoisotopic (exact) mass is 424 g/mol. The smallest absolute Gasteiger partial charge is 0.275 e. The molecule has 0 radical (unpaired) electrons. The van der Waals surface area contributed by atoms with E-state index in [9.17, 15) is 9.90 Å². The predicted octanol–water partition coefficient (Wildman–Crippen LogP) is 4.79. The van der Waals surface area contributed by atoms with Gasteiger partial charge in [0.25, 0.3) is 5.91 Å². The Hall–Kier alpha value is -3.51. The highest BCUT2D eigenvalue weighted by Crippen LogP contribution is 2.29. The van der Waals surface area contributed by atoms with E-state index in [1.165, 1.54) is 18.3 Å². The lowest BCUT2D eigenvalue weighted by Gasteiger charge is -2.13. The van der Waals surface area contributed by atoms with Gasteiger partial charge in [0.05, 0.1) is 18.4 Å². The Morgan fingerprint density at radius 2 is 1.83 bits per heavy atom. The third-order valence-electron chi connectivity index (χ3n) is 4.14. The largest absolute Gasteiger partial charge is 0.507 e. The summed E-state index contributed by atoms with van der Waals surface area (Å²) in [6.07, 6.45) is 1.48. The zero-order valence-corrected chi connectivity index (χ0v) is 17.1. The molecule has 3 rings (SSSR count). The van der Waals surface area contributed by atoms with Crippen LogP contribution < -0.4 is 14.9 Å². The third-order valence-corrected chi connectivity index (χ3v) is 4.51. The molecule has 0 bridgehead atoms. The summed E-state index contributed by atoms with van der Waals surface area (Å²) in [4.78, 5) is 12.1. The average molecular weight is 425 g/mol. The normalized spacial score (nSPS) is 10.7. The maximum atomic E-state index is 12.1. The zero-order chi connectivity index (χ0) is 21.3. The van der Waals surface area contributed by atoms with Crippen LogP contribution in [0.25, 0.3) is 0 Å². The quantitative estimate of drug-likeness (QED) is 0.402. The molecule has 0 aliphatic heterocycles. The van der Waals surface area contributed by atoms with E-state index in [1.54, 1.807) is 30.3 Å². The summed E-state index contributed by atoms with van der Waals surface area (Å²) in [5.74, 6) is 0.519. The number of phenolic OH excluding ortho intramolecular Hbond substituents is 1. The lowest BCUT2D eigenvalue weighted by atomic mass is 10.2. The second-order valence-corrected chi connectivity index (χ2v) is 6.64. The molecule has 3 aromatic carbocycles. The molecule has 0 aliphatic carbocycles. The predicted molar refractivity (Wildman–Crippen MR) is 117 cm³/mol. The van der Waals surface area contributed by atoms with Crippen molar-refractivity contribution in [3.05, 3.63) is 88.4 Å². The Kier molecular flexibility index (Phi) is 7.29.